The highest BCUT2D eigenvalue weighted by molar-refractivity contribution is 5.63. The van der Waals surface area contributed by atoms with Gasteiger partial charge in [0.2, 0.25) is 11.7 Å². The lowest BCUT2D eigenvalue weighted by Gasteiger charge is -2.04. The number of allylic oxidation sites excluding steroid dienone is 2. The second-order valence-electron chi connectivity index (χ2n) is 3.95. The third-order valence-corrected chi connectivity index (χ3v) is 2.73. The van der Waals surface area contributed by atoms with Gasteiger partial charge in [-0.15, -0.1) is 0 Å². The van der Waals surface area contributed by atoms with Crippen molar-refractivity contribution in [3.05, 3.63) is 30.4 Å². The molecule has 1 aromatic rings. The molecule has 1 aliphatic rings. The molecular formula is C12H16N4O. The standard InChI is InChI=1S/C12H16N4O/c1-3-5-10(13-2)12-15-11(17-16-12)8-9-6-4-7-14-9/h3,5,9,14H,1-2,4,6-8H2/b10-5-. The molecular weight excluding hydrogens is 216 g/mol. The third kappa shape index (κ3) is 2.88. The van der Waals surface area contributed by atoms with E-state index in [1.54, 1.807) is 12.2 Å². The minimum atomic E-state index is 0.451. The zero-order valence-corrected chi connectivity index (χ0v) is 9.72. The summed E-state index contributed by atoms with van der Waals surface area (Å²) in [6.07, 6.45) is 6.47. The monoisotopic (exact) mass is 232 g/mol. The molecule has 1 N–H and O–H groups in total. The fourth-order valence-corrected chi connectivity index (χ4v) is 1.89. The van der Waals surface area contributed by atoms with Crippen LogP contribution in [0.5, 0.6) is 0 Å². The highest BCUT2D eigenvalue weighted by Gasteiger charge is 2.18. The Balaban J connectivity index is 2.06. The van der Waals surface area contributed by atoms with Crippen molar-refractivity contribution in [3.63, 3.8) is 0 Å². The van der Waals surface area contributed by atoms with Crippen LogP contribution in [-0.2, 0) is 6.42 Å². The SMILES string of the molecule is C=C/C=C(\N=C)c1noc(CC2CCCN2)n1. The predicted molar refractivity (Wildman–Crippen MR) is 66.7 cm³/mol. The fraction of sp³-hybridized carbons (Fsp3) is 0.417. The molecule has 5 heteroatoms. The van der Waals surface area contributed by atoms with Crippen LogP contribution in [0.4, 0.5) is 0 Å². The Kier molecular flexibility index (Phi) is 3.82. The molecule has 0 saturated carbocycles. The first-order chi connectivity index (χ1) is 8.33. The first-order valence-electron chi connectivity index (χ1n) is 5.69. The van der Waals surface area contributed by atoms with Gasteiger partial charge < -0.3 is 9.84 Å². The van der Waals surface area contributed by atoms with Crippen LogP contribution in [0, 0.1) is 0 Å². The minimum absolute atomic E-state index is 0.451. The van der Waals surface area contributed by atoms with Crippen LogP contribution in [0.3, 0.4) is 0 Å². The van der Waals surface area contributed by atoms with E-state index in [1.165, 1.54) is 6.42 Å². The van der Waals surface area contributed by atoms with Crippen LogP contribution in [0.25, 0.3) is 5.70 Å². The Labute approximate surface area is 100 Å². The number of hydrogen-bond donors (Lipinski definition) is 1. The van der Waals surface area contributed by atoms with E-state index >= 15 is 0 Å². The third-order valence-electron chi connectivity index (χ3n) is 2.73. The highest BCUT2D eigenvalue weighted by Crippen LogP contribution is 2.15. The maximum atomic E-state index is 5.19. The van der Waals surface area contributed by atoms with E-state index in [1.807, 2.05) is 0 Å². The van der Waals surface area contributed by atoms with Gasteiger partial charge >= 0.3 is 0 Å². The summed E-state index contributed by atoms with van der Waals surface area (Å²) >= 11 is 0. The fourth-order valence-electron chi connectivity index (χ4n) is 1.89. The summed E-state index contributed by atoms with van der Waals surface area (Å²) in [5, 5.41) is 7.27. The van der Waals surface area contributed by atoms with Crippen molar-refractivity contribution in [3.8, 4) is 0 Å². The van der Waals surface area contributed by atoms with Crippen molar-refractivity contribution in [2.45, 2.75) is 25.3 Å². The first kappa shape index (κ1) is 11.7. The van der Waals surface area contributed by atoms with Crippen LogP contribution in [0.1, 0.15) is 24.6 Å². The molecule has 0 radical (unpaired) electrons. The van der Waals surface area contributed by atoms with E-state index in [0.717, 1.165) is 19.4 Å². The van der Waals surface area contributed by atoms with Gasteiger partial charge in [-0.2, -0.15) is 4.98 Å². The van der Waals surface area contributed by atoms with Gasteiger partial charge in [0.1, 0.15) is 5.70 Å². The molecule has 17 heavy (non-hydrogen) atoms. The maximum Gasteiger partial charge on any atom is 0.228 e. The number of hydrogen-bond acceptors (Lipinski definition) is 5. The Hall–Kier alpha value is -1.75. The molecule has 0 amide bonds. The molecule has 1 atom stereocenters. The van der Waals surface area contributed by atoms with Gasteiger partial charge in [-0.25, -0.2) is 0 Å². The normalized spacial score (nSPS) is 20.5. The van der Waals surface area contributed by atoms with Crippen molar-refractivity contribution in [1.82, 2.24) is 15.5 Å². The van der Waals surface area contributed by atoms with E-state index in [2.05, 4.69) is 33.7 Å². The van der Waals surface area contributed by atoms with Gasteiger partial charge in [-0.3, -0.25) is 4.99 Å². The summed E-state index contributed by atoms with van der Waals surface area (Å²) in [5.41, 5.74) is 0.578. The smallest absolute Gasteiger partial charge is 0.228 e. The predicted octanol–water partition coefficient (Wildman–Crippen LogP) is 1.59. The quantitative estimate of drug-likeness (QED) is 0.618. The molecule has 1 fully saturated rings. The van der Waals surface area contributed by atoms with Crippen LogP contribution in [0.2, 0.25) is 0 Å². The molecule has 1 aromatic heterocycles. The lowest BCUT2D eigenvalue weighted by atomic mass is 10.1. The van der Waals surface area contributed by atoms with Gasteiger partial charge in [0, 0.05) is 12.5 Å². The Morgan fingerprint density at radius 3 is 3.18 bits per heavy atom. The second kappa shape index (κ2) is 5.54. The summed E-state index contributed by atoms with van der Waals surface area (Å²) in [6, 6.07) is 0.451. The zero-order valence-electron chi connectivity index (χ0n) is 9.72. The van der Waals surface area contributed by atoms with E-state index in [0.29, 0.717) is 23.5 Å². The molecule has 1 unspecified atom stereocenters. The molecule has 90 valence electrons. The van der Waals surface area contributed by atoms with Gasteiger partial charge in [0.25, 0.3) is 0 Å². The maximum absolute atomic E-state index is 5.19. The average molecular weight is 232 g/mol. The van der Waals surface area contributed by atoms with Gasteiger partial charge in [0.15, 0.2) is 0 Å². The van der Waals surface area contributed by atoms with E-state index in [-0.39, 0.29) is 0 Å². The number of nitrogens with zero attached hydrogens (tertiary/aromatic N) is 3. The lowest BCUT2D eigenvalue weighted by Crippen LogP contribution is -2.23. The summed E-state index contributed by atoms with van der Waals surface area (Å²) < 4.78 is 5.19. The molecule has 2 rings (SSSR count). The number of rotatable bonds is 5. The summed E-state index contributed by atoms with van der Waals surface area (Å²) in [4.78, 5) is 8.13. The van der Waals surface area contributed by atoms with Crippen LogP contribution < -0.4 is 5.32 Å². The van der Waals surface area contributed by atoms with Crippen LogP contribution in [-0.4, -0.2) is 29.4 Å². The van der Waals surface area contributed by atoms with Crippen molar-refractivity contribution >= 4 is 12.4 Å². The van der Waals surface area contributed by atoms with Gasteiger partial charge in [0.05, 0.1) is 0 Å². The average Bonchev–Trinajstić information content (AvgIpc) is 2.98. The Morgan fingerprint density at radius 2 is 2.53 bits per heavy atom. The van der Waals surface area contributed by atoms with Crippen LogP contribution >= 0.6 is 0 Å². The summed E-state index contributed by atoms with van der Waals surface area (Å²) in [7, 11) is 0. The molecule has 0 spiro atoms. The number of aliphatic imine (C=N–C) groups is 1. The number of aromatic nitrogens is 2. The lowest BCUT2D eigenvalue weighted by molar-refractivity contribution is 0.362. The van der Waals surface area contributed by atoms with Crippen molar-refractivity contribution in [2.75, 3.05) is 6.54 Å². The van der Waals surface area contributed by atoms with E-state index in [9.17, 15) is 0 Å². The molecule has 0 aromatic carbocycles. The highest BCUT2D eigenvalue weighted by atomic mass is 16.5. The van der Waals surface area contributed by atoms with E-state index < -0.39 is 0 Å². The molecule has 2 heterocycles. The molecule has 1 saturated heterocycles. The molecule has 1 aliphatic heterocycles. The van der Waals surface area contributed by atoms with E-state index in [4.69, 9.17) is 4.52 Å². The minimum Gasteiger partial charge on any atom is -0.339 e. The Morgan fingerprint density at radius 1 is 1.65 bits per heavy atom. The van der Waals surface area contributed by atoms with Crippen LogP contribution in [0.15, 0.2) is 28.2 Å². The Bertz CT molecular complexity index is 429. The first-order valence-corrected chi connectivity index (χ1v) is 5.69. The largest absolute Gasteiger partial charge is 0.339 e. The van der Waals surface area contributed by atoms with Crippen molar-refractivity contribution in [2.24, 2.45) is 4.99 Å². The topological polar surface area (TPSA) is 63.3 Å². The zero-order chi connectivity index (χ0) is 12.1. The molecule has 0 aliphatic carbocycles. The van der Waals surface area contributed by atoms with Crippen molar-refractivity contribution in [1.29, 1.82) is 0 Å². The summed E-state index contributed by atoms with van der Waals surface area (Å²) in [5.74, 6) is 1.10. The molecule has 0 bridgehead atoms. The molecule has 5 nitrogen and oxygen atoms in total. The summed E-state index contributed by atoms with van der Waals surface area (Å²) in [6.45, 7) is 8.14. The van der Waals surface area contributed by atoms with Gasteiger partial charge in [-0.05, 0) is 32.2 Å². The second-order valence-corrected chi connectivity index (χ2v) is 3.95. The van der Waals surface area contributed by atoms with Gasteiger partial charge in [-0.1, -0.05) is 17.8 Å². The number of nitrogens with one attached hydrogen (secondary N) is 1. The van der Waals surface area contributed by atoms with Crippen molar-refractivity contribution < 1.29 is 4.52 Å².